The van der Waals surface area contributed by atoms with E-state index < -0.39 is 0 Å². The molecule has 0 amide bonds. The first-order chi connectivity index (χ1) is 8.22. The highest BCUT2D eigenvalue weighted by Crippen LogP contribution is 2.21. The van der Waals surface area contributed by atoms with E-state index in [4.69, 9.17) is 5.73 Å². The average molecular weight is 234 g/mol. The number of rotatable bonds is 3. The predicted octanol–water partition coefficient (Wildman–Crippen LogP) is 1.21. The van der Waals surface area contributed by atoms with Crippen LogP contribution in [-0.2, 0) is 0 Å². The van der Waals surface area contributed by atoms with Gasteiger partial charge in [-0.15, -0.1) is 0 Å². The lowest BCUT2D eigenvalue weighted by Gasteiger charge is -2.29. The van der Waals surface area contributed by atoms with Gasteiger partial charge in [0, 0.05) is 38.4 Å². The van der Waals surface area contributed by atoms with E-state index >= 15 is 0 Å². The van der Waals surface area contributed by atoms with Gasteiger partial charge in [0.05, 0.1) is 0 Å². The van der Waals surface area contributed by atoms with E-state index in [9.17, 15) is 0 Å². The molecule has 2 rings (SSSR count). The van der Waals surface area contributed by atoms with Gasteiger partial charge in [0.1, 0.15) is 5.82 Å². The van der Waals surface area contributed by atoms with Gasteiger partial charge in [0.15, 0.2) is 0 Å². The summed E-state index contributed by atoms with van der Waals surface area (Å²) in [6, 6.07) is 2.27. The van der Waals surface area contributed by atoms with Crippen molar-refractivity contribution in [1.29, 1.82) is 0 Å². The third-order valence-electron chi connectivity index (χ3n) is 3.42. The molecule has 1 aliphatic heterocycles. The smallest absolute Gasteiger partial charge is 0.128 e. The number of anilines is 1. The monoisotopic (exact) mass is 234 g/mol. The van der Waals surface area contributed by atoms with Crippen molar-refractivity contribution in [1.82, 2.24) is 10.3 Å². The number of piperazine rings is 1. The maximum Gasteiger partial charge on any atom is 0.128 e. The molecular formula is C13H22N4. The predicted molar refractivity (Wildman–Crippen MR) is 71.3 cm³/mol. The van der Waals surface area contributed by atoms with Crippen LogP contribution in [0.3, 0.4) is 0 Å². The Balaban J connectivity index is 2.17. The second-order valence-corrected chi connectivity index (χ2v) is 4.65. The second kappa shape index (κ2) is 5.47. The number of pyridine rings is 1. The largest absolute Gasteiger partial charge is 0.354 e. The summed E-state index contributed by atoms with van der Waals surface area (Å²) < 4.78 is 0. The van der Waals surface area contributed by atoms with Crippen molar-refractivity contribution in [3.63, 3.8) is 0 Å². The Bertz CT molecular complexity index is 372. The molecule has 0 aliphatic carbocycles. The molecule has 2 heterocycles. The van der Waals surface area contributed by atoms with Crippen LogP contribution in [-0.4, -0.2) is 31.2 Å². The standard InChI is InChI=1S/C13H22N4/c1-3-12(14)11-9-16-13(8-10(11)2)17-6-4-15-5-7-17/h8-9,12,15H,3-7,14H2,1-2H3/t12-/m0/s1. The molecule has 1 saturated heterocycles. The van der Waals surface area contributed by atoms with Gasteiger partial charge < -0.3 is 16.0 Å². The molecule has 0 bridgehead atoms. The molecule has 3 N–H and O–H groups in total. The van der Waals surface area contributed by atoms with Crippen LogP contribution in [0.2, 0.25) is 0 Å². The SMILES string of the molecule is CC[C@H](N)c1cnc(N2CCNCC2)cc1C. The number of aryl methyl sites for hydroxylation is 1. The lowest BCUT2D eigenvalue weighted by atomic mass is 10.0. The first-order valence-corrected chi connectivity index (χ1v) is 6.40. The van der Waals surface area contributed by atoms with E-state index in [2.05, 4.69) is 35.1 Å². The zero-order valence-corrected chi connectivity index (χ0v) is 10.7. The van der Waals surface area contributed by atoms with Crippen molar-refractivity contribution in [2.24, 2.45) is 5.73 Å². The Labute approximate surface area is 103 Å². The topological polar surface area (TPSA) is 54.2 Å². The molecule has 1 aromatic rings. The fourth-order valence-electron chi connectivity index (χ4n) is 2.23. The van der Waals surface area contributed by atoms with Crippen LogP contribution >= 0.6 is 0 Å². The highest BCUT2D eigenvalue weighted by atomic mass is 15.2. The lowest BCUT2D eigenvalue weighted by molar-refractivity contribution is 0.584. The summed E-state index contributed by atoms with van der Waals surface area (Å²) in [5.74, 6) is 1.08. The molecule has 0 unspecified atom stereocenters. The van der Waals surface area contributed by atoms with Crippen molar-refractivity contribution in [2.45, 2.75) is 26.3 Å². The van der Waals surface area contributed by atoms with Gasteiger partial charge in [-0.1, -0.05) is 6.92 Å². The zero-order valence-electron chi connectivity index (χ0n) is 10.7. The van der Waals surface area contributed by atoms with Gasteiger partial charge in [-0.05, 0) is 30.5 Å². The molecule has 0 saturated carbocycles. The quantitative estimate of drug-likeness (QED) is 0.825. The first-order valence-electron chi connectivity index (χ1n) is 6.40. The Morgan fingerprint density at radius 1 is 1.47 bits per heavy atom. The van der Waals surface area contributed by atoms with Crippen LogP contribution in [0.25, 0.3) is 0 Å². The number of hydrogen-bond donors (Lipinski definition) is 2. The Kier molecular flexibility index (Phi) is 3.97. The molecule has 0 aromatic carbocycles. The van der Waals surface area contributed by atoms with E-state index in [1.165, 1.54) is 11.1 Å². The minimum absolute atomic E-state index is 0.111. The van der Waals surface area contributed by atoms with Gasteiger partial charge >= 0.3 is 0 Å². The van der Waals surface area contributed by atoms with Crippen LogP contribution < -0.4 is 16.0 Å². The van der Waals surface area contributed by atoms with Crippen molar-refractivity contribution in [2.75, 3.05) is 31.1 Å². The molecule has 1 fully saturated rings. The van der Waals surface area contributed by atoms with Crippen LogP contribution in [0.15, 0.2) is 12.3 Å². The van der Waals surface area contributed by atoms with Crippen molar-refractivity contribution in [3.8, 4) is 0 Å². The summed E-state index contributed by atoms with van der Waals surface area (Å²) >= 11 is 0. The van der Waals surface area contributed by atoms with Crippen molar-refractivity contribution < 1.29 is 0 Å². The van der Waals surface area contributed by atoms with Crippen LogP contribution in [0, 0.1) is 6.92 Å². The third kappa shape index (κ3) is 2.76. The number of nitrogens with one attached hydrogen (secondary N) is 1. The molecule has 94 valence electrons. The van der Waals surface area contributed by atoms with Gasteiger partial charge in [-0.3, -0.25) is 0 Å². The normalized spacial score (nSPS) is 18.2. The Morgan fingerprint density at radius 2 is 2.18 bits per heavy atom. The maximum absolute atomic E-state index is 6.06. The van der Waals surface area contributed by atoms with Crippen LogP contribution in [0.4, 0.5) is 5.82 Å². The molecule has 0 radical (unpaired) electrons. The van der Waals surface area contributed by atoms with E-state index in [-0.39, 0.29) is 6.04 Å². The fraction of sp³-hybridized carbons (Fsp3) is 0.615. The minimum atomic E-state index is 0.111. The highest BCUT2D eigenvalue weighted by molar-refractivity contribution is 5.44. The van der Waals surface area contributed by atoms with Gasteiger partial charge in [-0.2, -0.15) is 0 Å². The van der Waals surface area contributed by atoms with Gasteiger partial charge in [0.2, 0.25) is 0 Å². The number of nitrogens with zero attached hydrogens (tertiary/aromatic N) is 2. The van der Waals surface area contributed by atoms with E-state index in [0.29, 0.717) is 0 Å². The molecule has 4 nitrogen and oxygen atoms in total. The first kappa shape index (κ1) is 12.3. The van der Waals surface area contributed by atoms with Crippen LogP contribution in [0.1, 0.15) is 30.5 Å². The van der Waals surface area contributed by atoms with Crippen LogP contribution in [0.5, 0.6) is 0 Å². The van der Waals surface area contributed by atoms with Gasteiger partial charge in [0.25, 0.3) is 0 Å². The molecule has 1 aliphatic rings. The average Bonchev–Trinajstić information content (AvgIpc) is 2.39. The summed E-state index contributed by atoms with van der Waals surface area (Å²) in [6.45, 7) is 8.37. The second-order valence-electron chi connectivity index (χ2n) is 4.65. The summed E-state index contributed by atoms with van der Waals surface area (Å²) in [4.78, 5) is 6.87. The Morgan fingerprint density at radius 3 is 2.76 bits per heavy atom. The molecule has 4 heteroatoms. The number of hydrogen-bond acceptors (Lipinski definition) is 4. The maximum atomic E-state index is 6.06. The number of nitrogens with two attached hydrogens (primary N) is 1. The third-order valence-corrected chi connectivity index (χ3v) is 3.42. The van der Waals surface area contributed by atoms with Gasteiger partial charge in [-0.25, -0.2) is 4.98 Å². The number of aromatic nitrogens is 1. The van der Waals surface area contributed by atoms with Crippen molar-refractivity contribution >= 4 is 5.82 Å². The summed E-state index contributed by atoms with van der Waals surface area (Å²) in [5.41, 5.74) is 8.49. The molecule has 1 aromatic heterocycles. The molecule has 17 heavy (non-hydrogen) atoms. The fourth-order valence-corrected chi connectivity index (χ4v) is 2.23. The summed E-state index contributed by atoms with van der Waals surface area (Å²) in [7, 11) is 0. The lowest BCUT2D eigenvalue weighted by Crippen LogP contribution is -2.43. The van der Waals surface area contributed by atoms with E-state index in [1.807, 2.05) is 6.20 Å². The van der Waals surface area contributed by atoms with E-state index in [0.717, 1.165) is 38.4 Å². The molecular weight excluding hydrogens is 212 g/mol. The van der Waals surface area contributed by atoms with Crippen molar-refractivity contribution in [3.05, 3.63) is 23.4 Å². The molecule has 1 atom stereocenters. The van der Waals surface area contributed by atoms with E-state index in [1.54, 1.807) is 0 Å². The summed E-state index contributed by atoms with van der Waals surface area (Å²) in [6.07, 6.45) is 2.90. The Hall–Kier alpha value is -1.13. The highest BCUT2D eigenvalue weighted by Gasteiger charge is 2.14. The zero-order chi connectivity index (χ0) is 12.3. The molecule has 0 spiro atoms. The summed E-state index contributed by atoms with van der Waals surface area (Å²) in [5, 5.41) is 3.35. The minimum Gasteiger partial charge on any atom is -0.354 e.